The number of ether oxygens (including phenoxy) is 3. The molecule has 0 N–H and O–H groups in total. The molecule has 0 aromatic heterocycles. The predicted octanol–water partition coefficient (Wildman–Crippen LogP) is 2.60. The Labute approximate surface area is 103 Å². The largest absolute Gasteiger partial charge is 0.372 e. The summed E-state index contributed by atoms with van der Waals surface area (Å²) in [4.78, 5) is 0. The predicted molar refractivity (Wildman–Crippen MR) is 65.6 cm³/mol. The minimum atomic E-state index is -0.216. The quantitative estimate of drug-likeness (QED) is 0.804. The molecular formula is C14H20O3. The fraction of sp³-hybridized carbons (Fsp3) is 0.571. The lowest BCUT2D eigenvalue weighted by atomic mass is 9.96. The van der Waals surface area contributed by atoms with Gasteiger partial charge in [-0.1, -0.05) is 44.2 Å². The van der Waals surface area contributed by atoms with Crippen molar-refractivity contribution in [1.82, 2.24) is 0 Å². The van der Waals surface area contributed by atoms with Crippen molar-refractivity contribution in [3.63, 3.8) is 0 Å². The molecule has 1 aliphatic heterocycles. The summed E-state index contributed by atoms with van der Waals surface area (Å²) in [5.74, 6) is 0. The molecule has 0 aliphatic carbocycles. The van der Waals surface area contributed by atoms with Gasteiger partial charge >= 0.3 is 0 Å². The summed E-state index contributed by atoms with van der Waals surface area (Å²) in [6, 6.07) is 10.1. The molecule has 0 saturated carbocycles. The van der Waals surface area contributed by atoms with E-state index in [-0.39, 0.29) is 11.7 Å². The van der Waals surface area contributed by atoms with Gasteiger partial charge in [0.15, 0.2) is 6.29 Å². The highest BCUT2D eigenvalue weighted by molar-refractivity contribution is 5.13. The lowest BCUT2D eigenvalue weighted by Gasteiger charge is -2.34. The first-order valence-electron chi connectivity index (χ1n) is 6.01. The normalized spacial score (nSPS) is 20.4. The molecule has 1 saturated heterocycles. The van der Waals surface area contributed by atoms with E-state index in [1.54, 1.807) is 0 Å². The fourth-order valence-corrected chi connectivity index (χ4v) is 1.67. The molecule has 1 aromatic rings. The van der Waals surface area contributed by atoms with Crippen LogP contribution < -0.4 is 0 Å². The van der Waals surface area contributed by atoms with Crippen LogP contribution in [0.2, 0.25) is 0 Å². The Hall–Kier alpha value is -0.900. The van der Waals surface area contributed by atoms with E-state index in [0.717, 1.165) is 13.2 Å². The number of hydrogen-bond donors (Lipinski definition) is 0. The number of benzene rings is 1. The third-order valence-corrected chi connectivity index (χ3v) is 2.69. The van der Waals surface area contributed by atoms with Gasteiger partial charge in [0.25, 0.3) is 0 Å². The Morgan fingerprint density at radius 2 is 1.82 bits per heavy atom. The van der Waals surface area contributed by atoms with Crippen molar-refractivity contribution >= 4 is 0 Å². The SMILES string of the molecule is CC1(C)COC(COCc2ccccc2)OC1. The standard InChI is InChI=1S/C14H20O3/c1-14(2)10-16-13(17-11-14)9-15-8-12-6-4-3-5-7-12/h3-7,13H,8-11H2,1-2H3. The molecule has 0 atom stereocenters. The minimum absolute atomic E-state index is 0.121. The van der Waals surface area contributed by atoms with Gasteiger partial charge in [-0.2, -0.15) is 0 Å². The second-order valence-corrected chi connectivity index (χ2v) is 5.22. The van der Waals surface area contributed by atoms with Crippen LogP contribution in [0.3, 0.4) is 0 Å². The lowest BCUT2D eigenvalue weighted by Crippen LogP contribution is -2.39. The highest BCUT2D eigenvalue weighted by Crippen LogP contribution is 2.22. The summed E-state index contributed by atoms with van der Waals surface area (Å²) in [7, 11) is 0. The topological polar surface area (TPSA) is 27.7 Å². The summed E-state index contributed by atoms with van der Waals surface area (Å²) >= 11 is 0. The maximum absolute atomic E-state index is 5.58. The summed E-state index contributed by atoms with van der Waals surface area (Å²) in [5, 5.41) is 0. The van der Waals surface area contributed by atoms with Crippen LogP contribution in [0.4, 0.5) is 0 Å². The summed E-state index contributed by atoms with van der Waals surface area (Å²) in [6.07, 6.45) is -0.216. The van der Waals surface area contributed by atoms with Gasteiger partial charge in [0.2, 0.25) is 0 Å². The first kappa shape index (κ1) is 12.6. The van der Waals surface area contributed by atoms with Gasteiger partial charge in [-0.15, -0.1) is 0 Å². The zero-order chi connectivity index (χ0) is 12.1. The van der Waals surface area contributed by atoms with Gasteiger partial charge in [0.05, 0.1) is 26.4 Å². The van der Waals surface area contributed by atoms with Crippen LogP contribution in [0.5, 0.6) is 0 Å². The lowest BCUT2D eigenvalue weighted by molar-refractivity contribution is -0.240. The van der Waals surface area contributed by atoms with Crippen LogP contribution in [0.15, 0.2) is 30.3 Å². The zero-order valence-electron chi connectivity index (χ0n) is 10.5. The molecule has 0 amide bonds. The smallest absolute Gasteiger partial charge is 0.180 e. The van der Waals surface area contributed by atoms with E-state index in [1.165, 1.54) is 5.56 Å². The van der Waals surface area contributed by atoms with Crippen molar-refractivity contribution in [2.24, 2.45) is 5.41 Å². The molecule has 0 unspecified atom stereocenters. The second-order valence-electron chi connectivity index (χ2n) is 5.22. The van der Waals surface area contributed by atoms with Crippen LogP contribution in [0.25, 0.3) is 0 Å². The molecule has 0 radical (unpaired) electrons. The minimum Gasteiger partial charge on any atom is -0.372 e. The van der Waals surface area contributed by atoms with Gasteiger partial charge in [0.1, 0.15) is 0 Å². The first-order valence-corrected chi connectivity index (χ1v) is 6.01. The average Bonchev–Trinajstić information content (AvgIpc) is 2.33. The van der Waals surface area contributed by atoms with E-state index in [9.17, 15) is 0 Å². The molecule has 1 aliphatic rings. The maximum atomic E-state index is 5.58. The Bertz CT molecular complexity index is 325. The molecule has 2 rings (SSSR count). The third-order valence-electron chi connectivity index (χ3n) is 2.69. The first-order chi connectivity index (χ1) is 8.16. The molecule has 3 heteroatoms. The van der Waals surface area contributed by atoms with Crippen LogP contribution in [0, 0.1) is 5.41 Å². The highest BCUT2D eigenvalue weighted by atomic mass is 16.7. The molecule has 0 spiro atoms. The summed E-state index contributed by atoms with van der Waals surface area (Å²) in [6.45, 7) is 6.82. The molecule has 17 heavy (non-hydrogen) atoms. The number of rotatable bonds is 4. The molecule has 0 bridgehead atoms. The van der Waals surface area contributed by atoms with Gasteiger partial charge in [-0.25, -0.2) is 0 Å². The molecule has 1 heterocycles. The second kappa shape index (κ2) is 5.63. The van der Waals surface area contributed by atoms with E-state index in [2.05, 4.69) is 13.8 Å². The molecule has 94 valence electrons. The van der Waals surface area contributed by atoms with Gasteiger partial charge in [-0.3, -0.25) is 0 Å². The van der Waals surface area contributed by atoms with Crippen molar-refractivity contribution in [3.8, 4) is 0 Å². The van der Waals surface area contributed by atoms with E-state index >= 15 is 0 Å². The van der Waals surface area contributed by atoms with Crippen molar-refractivity contribution < 1.29 is 14.2 Å². The van der Waals surface area contributed by atoms with Gasteiger partial charge < -0.3 is 14.2 Å². The van der Waals surface area contributed by atoms with E-state index in [4.69, 9.17) is 14.2 Å². The van der Waals surface area contributed by atoms with E-state index in [1.807, 2.05) is 30.3 Å². The molecular weight excluding hydrogens is 216 g/mol. The number of hydrogen-bond acceptors (Lipinski definition) is 3. The summed E-state index contributed by atoms with van der Waals surface area (Å²) < 4.78 is 16.7. The average molecular weight is 236 g/mol. The molecule has 1 fully saturated rings. The Kier molecular flexibility index (Phi) is 4.15. The van der Waals surface area contributed by atoms with Crippen molar-refractivity contribution in [1.29, 1.82) is 0 Å². The molecule has 1 aromatic carbocycles. The Morgan fingerprint density at radius 3 is 2.47 bits per heavy atom. The van der Waals surface area contributed by atoms with E-state index in [0.29, 0.717) is 13.2 Å². The Balaban J connectivity index is 1.67. The van der Waals surface area contributed by atoms with Gasteiger partial charge in [0, 0.05) is 5.41 Å². The van der Waals surface area contributed by atoms with Crippen molar-refractivity contribution in [2.45, 2.75) is 26.7 Å². The third kappa shape index (κ3) is 4.11. The van der Waals surface area contributed by atoms with Gasteiger partial charge in [-0.05, 0) is 5.56 Å². The van der Waals surface area contributed by atoms with Crippen LogP contribution >= 0.6 is 0 Å². The monoisotopic (exact) mass is 236 g/mol. The molecule has 3 nitrogen and oxygen atoms in total. The van der Waals surface area contributed by atoms with E-state index < -0.39 is 0 Å². The van der Waals surface area contributed by atoms with Crippen molar-refractivity contribution in [2.75, 3.05) is 19.8 Å². The summed E-state index contributed by atoms with van der Waals surface area (Å²) in [5.41, 5.74) is 1.29. The van der Waals surface area contributed by atoms with Crippen molar-refractivity contribution in [3.05, 3.63) is 35.9 Å². The van der Waals surface area contributed by atoms with Crippen LogP contribution in [-0.4, -0.2) is 26.1 Å². The Morgan fingerprint density at radius 1 is 1.18 bits per heavy atom. The fourth-order valence-electron chi connectivity index (χ4n) is 1.67. The van der Waals surface area contributed by atoms with Crippen LogP contribution in [0.1, 0.15) is 19.4 Å². The maximum Gasteiger partial charge on any atom is 0.180 e. The van der Waals surface area contributed by atoms with Crippen LogP contribution in [-0.2, 0) is 20.8 Å². The highest BCUT2D eigenvalue weighted by Gasteiger charge is 2.28. The zero-order valence-corrected chi connectivity index (χ0v) is 10.5.